The molecule has 0 saturated carbocycles. The molecule has 0 aliphatic carbocycles. The highest BCUT2D eigenvalue weighted by atomic mass is 32.1. The van der Waals surface area contributed by atoms with Crippen LogP contribution in [0.3, 0.4) is 0 Å². The number of carbonyl (C=O) groups excluding carboxylic acids is 2. The zero-order valence-electron chi connectivity index (χ0n) is 13.5. The van der Waals surface area contributed by atoms with Crippen molar-refractivity contribution >= 4 is 39.0 Å². The van der Waals surface area contributed by atoms with Crippen molar-refractivity contribution < 1.29 is 23.5 Å². The van der Waals surface area contributed by atoms with Crippen LogP contribution in [0.2, 0.25) is 0 Å². The van der Waals surface area contributed by atoms with Gasteiger partial charge in [-0.05, 0) is 42.5 Å². The molecule has 0 fully saturated rings. The molecule has 0 bridgehead atoms. The standard InChI is InChI=1S/C18H14FNO4S/c1-23-15-13-9-12(7-8-14(13)25-16(15)18(22)24-2)20-17(21)10-3-5-11(19)6-4-10/h3-9H,1-2H3,(H,20,21). The van der Waals surface area contributed by atoms with Gasteiger partial charge in [0, 0.05) is 21.3 Å². The summed E-state index contributed by atoms with van der Waals surface area (Å²) >= 11 is 1.25. The van der Waals surface area contributed by atoms with Crippen molar-refractivity contribution in [2.75, 3.05) is 19.5 Å². The molecule has 5 nitrogen and oxygen atoms in total. The van der Waals surface area contributed by atoms with Crippen LogP contribution in [0, 0.1) is 5.82 Å². The molecule has 0 aliphatic rings. The largest absolute Gasteiger partial charge is 0.494 e. The summed E-state index contributed by atoms with van der Waals surface area (Å²) in [7, 11) is 2.78. The molecule has 128 valence electrons. The number of ether oxygens (including phenoxy) is 2. The van der Waals surface area contributed by atoms with Gasteiger partial charge < -0.3 is 14.8 Å². The Bertz CT molecular complexity index is 950. The molecule has 0 unspecified atom stereocenters. The molecule has 0 aliphatic heterocycles. The fraction of sp³-hybridized carbons (Fsp3) is 0.111. The molecule has 0 spiro atoms. The number of methoxy groups -OCH3 is 2. The number of rotatable bonds is 4. The predicted molar refractivity (Wildman–Crippen MR) is 94.1 cm³/mol. The van der Waals surface area contributed by atoms with Gasteiger partial charge in [-0.3, -0.25) is 4.79 Å². The second kappa shape index (κ2) is 6.90. The van der Waals surface area contributed by atoms with Crippen LogP contribution < -0.4 is 10.1 Å². The lowest BCUT2D eigenvalue weighted by molar-refractivity contribution is 0.0603. The monoisotopic (exact) mass is 359 g/mol. The number of hydrogen-bond donors (Lipinski definition) is 1. The first kappa shape index (κ1) is 16.9. The van der Waals surface area contributed by atoms with E-state index in [0.717, 1.165) is 4.70 Å². The van der Waals surface area contributed by atoms with Crippen LogP contribution in [0.1, 0.15) is 20.0 Å². The lowest BCUT2D eigenvalue weighted by atomic mass is 10.2. The molecule has 1 heterocycles. The van der Waals surface area contributed by atoms with Gasteiger partial charge in [0.25, 0.3) is 5.91 Å². The summed E-state index contributed by atoms with van der Waals surface area (Å²) in [5.41, 5.74) is 0.878. The number of hydrogen-bond acceptors (Lipinski definition) is 5. The highest BCUT2D eigenvalue weighted by Gasteiger charge is 2.20. The van der Waals surface area contributed by atoms with Gasteiger partial charge in [-0.15, -0.1) is 11.3 Å². The van der Waals surface area contributed by atoms with E-state index in [9.17, 15) is 14.0 Å². The summed E-state index contributed by atoms with van der Waals surface area (Å²) in [5.74, 6) is -0.835. The first-order valence-corrected chi connectivity index (χ1v) is 8.11. The number of nitrogens with one attached hydrogen (secondary N) is 1. The summed E-state index contributed by atoms with van der Waals surface area (Å²) in [6.07, 6.45) is 0. The molecule has 0 radical (unpaired) electrons. The normalized spacial score (nSPS) is 10.5. The Morgan fingerprint density at radius 2 is 1.80 bits per heavy atom. The zero-order chi connectivity index (χ0) is 18.0. The Kier molecular flexibility index (Phi) is 4.67. The highest BCUT2D eigenvalue weighted by Crippen LogP contribution is 2.39. The van der Waals surface area contributed by atoms with E-state index in [1.54, 1.807) is 18.2 Å². The maximum Gasteiger partial charge on any atom is 0.351 e. The molecular weight excluding hydrogens is 345 g/mol. The van der Waals surface area contributed by atoms with Gasteiger partial charge in [-0.2, -0.15) is 0 Å². The maximum atomic E-state index is 12.9. The Labute approximate surface area is 147 Å². The van der Waals surface area contributed by atoms with Crippen LogP contribution in [0.4, 0.5) is 10.1 Å². The lowest BCUT2D eigenvalue weighted by Crippen LogP contribution is -2.11. The summed E-state index contributed by atoms with van der Waals surface area (Å²) in [4.78, 5) is 24.4. The number of halogens is 1. The van der Waals surface area contributed by atoms with Crippen molar-refractivity contribution in [3.05, 3.63) is 58.7 Å². The molecule has 2 aromatic carbocycles. The number of thiophene rings is 1. The quantitative estimate of drug-likeness (QED) is 0.713. The van der Waals surface area contributed by atoms with E-state index in [4.69, 9.17) is 9.47 Å². The molecular formula is C18H14FNO4S. The summed E-state index contributed by atoms with van der Waals surface area (Å²) in [6.45, 7) is 0. The number of benzene rings is 2. The van der Waals surface area contributed by atoms with Crippen molar-refractivity contribution in [3.63, 3.8) is 0 Å². The summed E-state index contributed by atoms with van der Waals surface area (Å²) in [5, 5.41) is 3.44. The van der Waals surface area contributed by atoms with Crippen LogP contribution >= 0.6 is 11.3 Å². The van der Waals surface area contributed by atoms with E-state index in [0.29, 0.717) is 27.3 Å². The van der Waals surface area contributed by atoms with Crippen molar-refractivity contribution in [1.29, 1.82) is 0 Å². The topological polar surface area (TPSA) is 64.6 Å². The molecule has 0 saturated heterocycles. The SMILES string of the molecule is COC(=O)c1sc2ccc(NC(=O)c3ccc(F)cc3)cc2c1OC. The number of esters is 1. The van der Waals surface area contributed by atoms with Gasteiger partial charge in [-0.1, -0.05) is 0 Å². The Hall–Kier alpha value is -2.93. The third kappa shape index (κ3) is 3.32. The van der Waals surface area contributed by atoms with Crippen molar-refractivity contribution in [1.82, 2.24) is 0 Å². The maximum absolute atomic E-state index is 12.9. The lowest BCUT2D eigenvalue weighted by Gasteiger charge is -2.06. The second-order valence-electron chi connectivity index (χ2n) is 5.13. The minimum atomic E-state index is -0.477. The Morgan fingerprint density at radius 3 is 2.44 bits per heavy atom. The molecule has 1 amide bonds. The van der Waals surface area contributed by atoms with Crippen LogP contribution in [0.5, 0.6) is 5.75 Å². The molecule has 1 aromatic heterocycles. The molecule has 25 heavy (non-hydrogen) atoms. The van der Waals surface area contributed by atoms with Crippen molar-refractivity contribution in [2.24, 2.45) is 0 Å². The number of carbonyl (C=O) groups is 2. The van der Waals surface area contributed by atoms with E-state index >= 15 is 0 Å². The van der Waals surface area contributed by atoms with Gasteiger partial charge in [0.05, 0.1) is 14.2 Å². The number of fused-ring (bicyclic) bond motifs is 1. The highest BCUT2D eigenvalue weighted by molar-refractivity contribution is 7.21. The second-order valence-corrected chi connectivity index (χ2v) is 6.18. The molecule has 3 rings (SSSR count). The number of anilines is 1. The fourth-order valence-corrected chi connectivity index (χ4v) is 3.46. The third-order valence-corrected chi connectivity index (χ3v) is 4.71. The molecule has 1 N–H and O–H groups in total. The third-order valence-electron chi connectivity index (χ3n) is 3.58. The zero-order valence-corrected chi connectivity index (χ0v) is 14.3. The number of amides is 1. The smallest absolute Gasteiger partial charge is 0.351 e. The summed E-state index contributed by atoms with van der Waals surface area (Å²) in [6, 6.07) is 10.5. The average Bonchev–Trinajstić information content (AvgIpc) is 2.99. The van der Waals surface area contributed by atoms with Crippen LogP contribution in [-0.4, -0.2) is 26.1 Å². The van der Waals surface area contributed by atoms with Gasteiger partial charge in [0.1, 0.15) is 5.82 Å². The van der Waals surface area contributed by atoms with Crippen LogP contribution in [0.25, 0.3) is 10.1 Å². The van der Waals surface area contributed by atoms with Gasteiger partial charge in [0.2, 0.25) is 0 Å². The minimum absolute atomic E-state index is 0.342. The first-order chi connectivity index (χ1) is 12.0. The molecule has 0 atom stereocenters. The molecule has 7 heteroatoms. The Balaban J connectivity index is 1.94. The average molecular weight is 359 g/mol. The van der Waals surface area contributed by atoms with Gasteiger partial charge in [-0.25, -0.2) is 9.18 Å². The molecule has 3 aromatic rings. The van der Waals surface area contributed by atoms with E-state index in [1.807, 2.05) is 0 Å². The predicted octanol–water partition coefficient (Wildman–Crippen LogP) is 4.09. The van der Waals surface area contributed by atoms with Crippen LogP contribution in [-0.2, 0) is 4.74 Å². The van der Waals surface area contributed by atoms with Crippen molar-refractivity contribution in [3.8, 4) is 5.75 Å². The van der Waals surface area contributed by atoms with Crippen LogP contribution in [0.15, 0.2) is 42.5 Å². The van der Waals surface area contributed by atoms with Gasteiger partial charge in [0.15, 0.2) is 10.6 Å². The Morgan fingerprint density at radius 1 is 1.08 bits per heavy atom. The minimum Gasteiger partial charge on any atom is -0.494 e. The van der Waals surface area contributed by atoms with E-state index in [1.165, 1.54) is 49.8 Å². The first-order valence-electron chi connectivity index (χ1n) is 7.29. The fourth-order valence-electron chi connectivity index (χ4n) is 2.39. The van der Waals surface area contributed by atoms with E-state index in [-0.39, 0.29) is 5.91 Å². The van der Waals surface area contributed by atoms with E-state index in [2.05, 4.69) is 5.32 Å². The van der Waals surface area contributed by atoms with E-state index < -0.39 is 11.8 Å². The van der Waals surface area contributed by atoms with Crippen molar-refractivity contribution in [2.45, 2.75) is 0 Å². The summed E-state index contributed by atoms with van der Waals surface area (Å²) < 4.78 is 23.9. The van der Waals surface area contributed by atoms with Gasteiger partial charge >= 0.3 is 5.97 Å².